The Morgan fingerprint density at radius 3 is 2.79 bits per heavy atom. The van der Waals surface area contributed by atoms with Crippen LogP contribution in [0.1, 0.15) is 32.6 Å². The minimum atomic E-state index is 0.121. The van der Waals surface area contributed by atoms with Crippen LogP contribution in [0.2, 0.25) is 0 Å². The summed E-state index contributed by atoms with van der Waals surface area (Å²) in [5, 5.41) is 10.6. The van der Waals surface area contributed by atoms with Crippen LogP contribution in [-0.4, -0.2) is 16.2 Å². The second kappa shape index (κ2) is 3.86. The number of hydrogen-bond acceptors (Lipinski definition) is 5. The van der Waals surface area contributed by atoms with E-state index in [0.29, 0.717) is 18.0 Å². The third-order valence-corrected chi connectivity index (χ3v) is 2.86. The van der Waals surface area contributed by atoms with Crippen molar-refractivity contribution in [2.24, 2.45) is 5.92 Å². The average Bonchev–Trinajstić information content (AvgIpc) is 2.56. The van der Waals surface area contributed by atoms with Crippen LogP contribution in [-0.2, 0) is 0 Å². The summed E-state index contributed by atoms with van der Waals surface area (Å²) < 4.78 is 5.08. The Morgan fingerprint density at radius 1 is 1.36 bits per heavy atom. The van der Waals surface area contributed by atoms with E-state index < -0.39 is 0 Å². The molecule has 5 heteroatoms. The fraction of sp³-hybridized carbons (Fsp3) is 0.778. The van der Waals surface area contributed by atoms with E-state index >= 15 is 0 Å². The number of hydrogen-bond donors (Lipinski definition) is 2. The van der Waals surface area contributed by atoms with Crippen molar-refractivity contribution in [2.75, 3.05) is 11.1 Å². The van der Waals surface area contributed by atoms with Gasteiger partial charge in [0.15, 0.2) is 0 Å². The van der Waals surface area contributed by atoms with E-state index in [1.54, 1.807) is 0 Å². The van der Waals surface area contributed by atoms with Gasteiger partial charge in [0.05, 0.1) is 0 Å². The number of anilines is 2. The zero-order chi connectivity index (χ0) is 9.97. The normalized spacial score (nSPS) is 27.5. The van der Waals surface area contributed by atoms with Crippen molar-refractivity contribution >= 4 is 12.0 Å². The average molecular weight is 196 g/mol. The third-order valence-electron chi connectivity index (χ3n) is 2.86. The fourth-order valence-corrected chi connectivity index (χ4v) is 1.98. The van der Waals surface area contributed by atoms with E-state index in [0.717, 1.165) is 0 Å². The number of nitrogens with zero attached hydrogens (tertiary/aromatic N) is 2. The van der Waals surface area contributed by atoms with Crippen LogP contribution in [0.15, 0.2) is 4.42 Å². The molecule has 1 saturated carbocycles. The first kappa shape index (κ1) is 9.30. The highest BCUT2D eigenvalue weighted by atomic mass is 16.4. The third kappa shape index (κ3) is 1.97. The lowest BCUT2D eigenvalue weighted by atomic mass is 9.86. The Bertz CT molecular complexity index is 299. The minimum Gasteiger partial charge on any atom is -0.390 e. The van der Waals surface area contributed by atoms with Crippen LogP contribution in [0.5, 0.6) is 0 Å². The quantitative estimate of drug-likeness (QED) is 0.752. The summed E-state index contributed by atoms with van der Waals surface area (Å²) in [6, 6.07) is 1.01. The molecule has 3 N–H and O–H groups in total. The summed E-state index contributed by atoms with van der Waals surface area (Å²) in [6.45, 7) is 2.25. The molecule has 0 amide bonds. The van der Waals surface area contributed by atoms with E-state index in [4.69, 9.17) is 10.2 Å². The van der Waals surface area contributed by atoms with E-state index in [-0.39, 0.29) is 6.01 Å². The molecule has 1 fully saturated rings. The molecule has 5 nitrogen and oxygen atoms in total. The van der Waals surface area contributed by atoms with Gasteiger partial charge >= 0.3 is 12.0 Å². The van der Waals surface area contributed by atoms with Crippen molar-refractivity contribution in [3.05, 3.63) is 0 Å². The molecule has 1 aliphatic carbocycles. The van der Waals surface area contributed by atoms with E-state index in [1.807, 2.05) is 0 Å². The van der Waals surface area contributed by atoms with Crippen molar-refractivity contribution in [3.63, 3.8) is 0 Å². The van der Waals surface area contributed by atoms with Gasteiger partial charge in [-0.2, -0.15) is 0 Å². The molecule has 14 heavy (non-hydrogen) atoms. The Balaban J connectivity index is 1.95. The lowest BCUT2D eigenvalue weighted by molar-refractivity contribution is 0.343. The van der Waals surface area contributed by atoms with Gasteiger partial charge in [-0.05, 0) is 18.8 Å². The van der Waals surface area contributed by atoms with Crippen LogP contribution in [0, 0.1) is 5.92 Å². The van der Waals surface area contributed by atoms with Crippen molar-refractivity contribution in [1.29, 1.82) is 0 Å². The first-order valence-electron chi connectivity index (χ1n) is 5.11. The first-order chi connectivity index (χ1) is 6.75. The Morgan fingerprint density at radius 2 is 2.14 bits per heavy atom. The molecule has 1 aliphatic rings. The smallest absolute Gasteiger partial charge is 0.317 e. The molecule has 0 bridgehead atoms. The minimum absolute atomic E-state index is 0.121. The van der Waals surface area contributed by atoms with Gasteiger partial charge in [-0.1, -0.05) is 30.0 Å². The van der Waals surface area contributed by atoms with Gasteiger partial charge in [0, 0.05) is 6.04 Å². The molecule has 2 rings (SSSR count). The predicted molar refractivity (Wildman–Crippen MR) is 53.8 cm³/mol. The van der Waals surface area contributed by atoms with Gasteiger partial charge in [0.1, 0.15) is 0 Å². The largest absolute Gasteiger partial charge is 0.390 e. The number of nitrogens with two attached hydrogens (primary N) is 1. The predicted octanol–water partition coefficient (Wildman–Crippen LogP) is 1.64. The van der Waals surface area contributed by atoms with E-state index in [1.165, 1.54) is 25.7 Å². The van der Waals surface area contributed by atoms with Gasteiger partial charge in [0.25, 0.3) is 0 Å². The molecule has 1 aromatic heterocycles. The van der Waals surface area contributed by atoms with Gasteiger partial charge in [-0.15, -0.1) is 0 Å². The van der Waals surface area contributed by atoms with Crippen molar-refractivity contribution in [1.82, 2.24) is 10.2 Å². The molecular formula is C9H16N4O. The first-order valence-corrected chi connectivity index (χ1v) is 5.11. The molecule has 2 unspecified atom stereocenters. The zero-order valence-electron chi connectivity index (χ0n) is 8.36. The topological polar surface area (TPSA) is 77.0 Å². The molecule has 0 radical (unpaired) electrons. The van der Waals surface area contributed by atoms with E-state index in [2.05, 4.69) is 22.4 Å². The molecule has 0 spiro atoms. The molecular weight excluding hydrogens is 180 g/mol. The summed E-state index contributed by atoms with van der Waals surface area (Å²) in [7, 11) is 0. The monoisotopic (exact) mass is 196 g/mol. The zero-order valence-corrected chi connectivity index (χ0v) is 8.36. The number of nitrogens with one attached hydrogen (secondary N) is 1. The van der Waals surface area contributed by atoms with Gasteiger partial charge in [0.2, 0.25) is 0 Å². The SMILES string of the molecule is CC1CCCCC1Nc1nnc(N)o1. The van der Waals surface area contributed by atoms with Crippen LogP contribution in [0.4, 0.5) is 12.0 Å². The number of rotatable bonds is 2. The second-order valence-corrected chi connectivity index (χ2v) is 3.96. The molecule has 78 valence electrons. The summed E-state index contributed by atoms with van der Waals surface area (Å²) in [5.41, 5.74) is 5.34. The van der Waals surface area contributed by atoms with Crippen molar-refractivity contribution < 1.29 is 4.42 Å². The molecule has 0 saturated heterocycles. The summed E-state index contributed by atoms with van der Waals surface area (Å²) in [6.07, 6.45) is 5.03. The Hall–Kier alpha value is -1.26. The highest BCUT2D eigenvalue weighted by molar-refractivity contribution is 5.24. The lowest BCUT2D eigenvalue weighted by Crippen LogP contribution is -2.30. The van der Waals surface area contributed by atoms with Crippen LogP contribution in [0.25, 0.3) is 0 Å². The molecule has 1 heterocycles. The molecule has 1 aromatic rings. The lowest BCUT2D eigenvalue weighted by Gasteiger charge is -2.28. The summed E-state index contributed by atoms with van der Waals surface area (Å²) >= 11 is 0. The number of nitrogen functional groups attached to an aromatic ring is 1. The van der Waals surface area contributed by atoms with Gasteiger partial charge < -0.3 is 15.5 Å². The summed E-state index contributed by atoms with van der Waals surface area (Å²) in [4.78, 5) is 0. The van der Waals surface area contributed by atoms with Crippen molar-refractivity contribution in [3.8, 4) is 0 Å². The van der Waals surface area contributed by atoms with Crippen LogP contribution in [0.3, 0.4) is 0 Å². The van der Waals surface area contributed by atoms with Gasteiger partial charge in [-0.25, -0.2) is 0 Å². The highest BCUT2D eigenvalue weighted by Gasteiger charge is 2.22. The molecule has 2 atom stereocenters. The second-order valence-electron chi connectivity index (χ2n) is 3.96. The van der Waals surface area contributed by atoms with Crippen LogP contribution >= 0.6 is 0 Å². The fourth-order valence-electron chi connectivity index (χ4n) is 1.98. The maximum absolute atomic E-state index is 5.34. The molecule has 0 aliphatic heterocycles. The van der Waals surface area contributed by atoms with Crippen molar-refractivity contribution in [2.45, 2.75) is 38.6 Å². The highest BCUT2D eigenvalue weighted by Crippen LogP contribution is 2.26. The number of aromatic nitrogens is 2. The van der Waals surface area contributed by atoms with Gasteiger partial charge in [-0.3, -0.25) is 0 Å². The van der Waals surface area contributed by atoms with Crippen LogP contribution < -0.4 is 11.1 Å². The Labute approximate surface area is 83.1 Å². The standard InChI is InChI=1S/C9H16N4O/c1-6-4-2-3-5-7(6)11-9-13-12-8(10)14-9/h6-7H,2-5H2,1H3,(H2,10,12)(H,11,13). The summed E-state index contributed by atoms with van der Waals surface area (Å²) in [5.74, 6) is 0.664. The van der Waals surface area contributed by atoms with E-state index in [9.17, 15) is 0 Å². The maximum Gasteiger partial charge on any atom is 0.317 e. The Kier molecular flexibility index (Phi) is 2.56. The maximum atomic E-state index is 5.34. The molecule has 0 aromatic carbocycles.